The van der Waals surface area contributed by atoms with E-state index in [-0.39, 0.29) is 28.9 Å². The zero-order valence-electron chi connectivity index (χ0n) is 18.1. The molecule has 0 fully saturated rings. The summed E-state index contributed by atoms with van der Waals surface area (Å²) in [4.78, 5) is 12.8. The van der Waals surface area contributed by atoms with E-state index >= 15 is 0 Å². The molecule has 1 amide bonds. The summed E-state index contributed by atoms with van der Waals surface area (Å²) in [5, 5.41) is 8.12. The second kappa shape index (κ2) is 11.6. The van der Waals surface area contributed by atoms with Crippen LogP contribution in [0.3, 0.4) is 0 Å². The highest BCUT2D eigenvalue weighted by atomic mass is 79.9. The molecule has 0 aliphatic rings. The number of nitrogens with one attached hydrogen (secondary N) is 1. The van der Waals surface area contributed by atoms with Crippen molar-refractivity contribution in [3.8, 4) is 5.75 Å². The lowest BCUT2D eigenvalue weighted by molar-refractivity contribution is -0.116. The van der Waals surface area contributed by atoms with Crippen LogP contribution in [0.2, 0.25) is 15.1 Å². The van der Waals surface area contributed by atoms with Crippen molar-refractivity contribution >= 4 is 74.5 Å². The summed E-state index contributed by atoms with van der Waals surface area (Å²) in [6.07, 6.45) is 0. The third-order valence-electron chi connectivity index (χ3n) is 4.93. The van der Waals surface area contributed by atoms with Gasteiger partial charge in [0.25, 0.3) is 0 Å². The summed E-state index contributed by atoms with van der Waals surface area (Å²) < 4.78 is 10.6. The lowest BCUT2D eigenvalue weighted by atomic mass is 10.2. The van der Waals surface area contributed by atoms with E-state index in [1.165, 1.54) is 16.8 Å². The lowest BCUT2D eigenvalue weighted by Crippen LogP contribution is -2.20. The molecule has 1 heterocycles. The van der Waals surface area contributed by atoms with Gasteiger partial charge in [0.05, 0.1) is 22.3 Å². The van der Waals surface area contributed by atoms with Crippen LogP contribution in [0.1, 0.15) is 11.4 Å². The molecule has 4 aromatic rings. The number of hydrogen-bond donors (Lipinski definition) is 1. The molecule has 6 nitrogen and oxygen atoms in total. The first-order chi connectivity index (χ1) is 16.8. The summed E-state index contributed by atoms with van der Waals surface area (Å²) >= 11 is 27.4. The molecule has 0 saturated carbocycles. The van der Waals surface area contributed by atoms with Gasteiger partial charge in [-0.3, -0.25) is 9.36 Å². The average molecular weight is 613 g/mol. The SMILES string of the molecule is O=C(Cn1nc(COc2ccc(Br)cc2)n(Cc2ccccc2)c1=S)Nc1c(Cl)cc(Cl)cc1Cl. The van der Waals surface area contributed by atoms with Crippen LogP contribution in [0, 0.1) is 4.77 Å². The molecule has 0 bridgehead atoms. The van der Waals surface area contributed by atoms with E-state index < -0.39 is 5.91 Å². The fourth-order valence-corrected chi connectivity index (χ4v) is 4.73. The van der Waals surface area contributed by atoms with Gasteiger partial charge < -0.3 is 10.1 Å². The van der Waals surface area contributed by atoms with Gasteiger partial charge in [0.2, 0.25) is 5.91 Å². The Morgan fingerprint density at radius 3 is 2.34 bits per heavy atom. The highest BCUT2D eigenvalue weighted by Gasteiger charge is 2.17. The maximum atomic E-state index is 12.8. The van der Waals surface area contributed by atoms with Gasteiger partial charge >= 0.3 is 0 Å². The minimum Gasteiger partial charge on any atom is -0.486 e. The molecule has 4 rings (SSSR count). The number of carbonyl (C=O) groups excluding carboxylic acids is 1. The molecule has 0 radical (unpaired) electrons. The summed E-state index contributed by atoms with van der Waals surface area (Å²) in [6, 6.07) is 20.3. The van der Waals surface area contributed by atoms with Crippen molar-refractivity contribution in [2.24, 2.45) is 0 Å². The predicted octanol–water partition coefficient (Wildman–Crippen LogP) is 7.40. The van der Waals surface area contributed by atoms with Gasteiger partial charge in [-0.2, -0.15) is 5.10 Å². The highest BCUT2D eigenvalue weighted by Crippen LogP contribution is 2.33. The number of benzene rings is 3. The Morgan fingerprint density at radius 2 is 1.69 bits per heavy atom. The standard InChI is InChI=1S/C24H18BrCl3N4O2S/c25-16-6-8-18(9-7-16)34-14-21-30-32(24(35)31(21)12-15-4-2-1-3-5-15)13-22(33)29-23-19(27)10-17(26)11-20(23)28/h1-11H,12-14H2,(H,29,33). The van der Waals surface area contributed by atoms with Crippen LogP contribution in [-0.4, -0.2) is 20.3 Å². The Morgan fingerprint density at radius 1 is 1.03 bits per heavy atom. The van der Waals surface area contributed by atoms with Crippen molar-refractivity contribution in [1.29, 1.82) is 0 Å². The van der Waals surface area contributed by atoms with Gasteiger partial charge in [0.1, 0.15) is 18.9 Å². The lowest BCUT2D eigenvalue weighted by Gasteiger charge is -2.10. The topological polar surface area (TPSA) is 61.1 Å². The molecule has 0 unspecified atom stereocenters. The van der Waals surface area contributed by atoms with Gasteiger partial charge in [-0.1, -0.05) is 81.1 Å². The van der Waals surface area contributed by atoms with E-state index in [4.69, 9.17) is 51.8 Å². The smallest absolute Gasteiger partial charge is 0.246 e. The van der Waals surface area contributed by atoms with Crippen LogP contribution < -0.4 is 10.1 Å². The van der Waals surface area contributed by atoms with Crippen LogP contribution >= 0.6 is 63.0 Å². The molecule has 1 N–H and O–H groups in total. The molecule has 1 aromatic heterocycles. The van der Waals surface area contributed by atoms with Gasteiger partial charge in [0, 0.05) is 9.50 Å². The largest absolute Gasteiger partial charge is 0.486 e. The van der Waals surface area contributed by atoms with Crippen LogP contribution in [0.5, 0.6) is 5.75 Å². The third-order valence-corrected chi connectivity index (χ3v) is 6.70. The van der Waals surface area contributed by atoms with Crippen molar-refractivity contribution < 1.29 is 9.53 Å². The number of halogens is 4. The third kappa shape index (κ3) is 6.65. The van der Waals surface area contributed by atoms with Gasteiger partial charge in [0.15, 0.2) is 10.6 Å². The minimum absolute atomic E-state index is 0.138. The van der Waals surface area contributed by atoms with E-state index in [9.17, 15) is 4.79 Å². The molecule has 0 saturated heterocycles. The molecule has 180 valence electrons. The van der Waals surface area contributed by atoms with E-state index in [0.29, 0.717) is 27.9 Å². The maximum absolute atomic E-state index is 12.8. The molecule has 0 aliphatic carbocycles. The minimum atomic E-state index is -0.392. The van der Waals surface area contributed by atoms with Crippen molar-refractivity contribution in [3.63, 3.8) is 0 Å². The van der Waals surface area contributed by atoms with Crippen LogP contribution in [0.25, 0.3) is 0 Å². The first-order valence-electron chi connectivity index (χ1n) is 10.3. The molecular weight excluding hydrogens is 595 g/mol. The Hall–Kier alpha value is -2.36. The average Bonchev–Trinajstić information content (AvgIpc) is 3.10. The number of hydrogen-bond acceptors (Lipinski definition) is 4. The number of rotatable bonds is 8. The first kappa shape index (κ1) is 25.7. The zero-order valence-corrected chi connectivity index (χ0v) is 22.7. The Balaban J connectivity index is 1.58. The molecule has 0 spiro atoms. The van der Waals surface area contributed by atoms with Gasteiger partial charge in [-0.05, 0) is 54.2 Å². The van der Waals surface area contributed by atoms with Crippen molar-refractivity contribution in [2.75, 3.05) is 5.32 Å². The molecular formula is C24H18BrCl3N4O2S. The normalized spacial score (nSPS) is 10.9. The van der Waals surface area contributed by atoms with Gasteiger partial charge in [-0.25, -0.2) is 4.68 Å². The fourth-order valence-electron chi connectivity index (χ4n) is 3.28. The molecule has 35 heavy (non-hydrogen) atoms. The second-order valence-corrected chi connectivity index (χ2v) is 10.00. The number of anilines is 1. The number of amides is 1. The highest BCUT2D eigenvalue weighted by molar-refractivity contribution is 9.10. The molecule has 11 heteroatoms. The zero-order chi connectivity index (χ0) is 24.9. The van der Waals surface area contributed by atoms with Crippen molar-refractivity contribution in [1.82, 2.24) is 14.3 Å². The molecule has 0 aliphatic heterocycles. The van der Waals surface area contributed by atoms with Gasteiger partial charge in [-0.15, -0.1) is 0 Å². The van der Waals surface area contributed by atoms with E-state index in [0.717, 1.165) is 10.0 Å². The first-order valence-corrected chi connectivity index (χ1v) is 12.7. The van der Waals surface area contributed by atoms with Crippen LogP contribution in [-0.2, 0) is 24.5 Å². The Bertz CT molecular complexity index is 1390. The van der Waals surface area contributed by atoms with Crippen LogP contribution in [0.4, 0.5) is 5.69 Å². The summed E-state index contributed by atoms with van der Waals surface area (Å²) in [5.74, 6) is 0.874. The monoisotopic (exact) mass is 610 g/mol. The van der Waals surface area contributed by atoms with Crippen molar-refractivity contribution in [3.05, 3.63) is 102 Å². The Labute approximate surface area is 230 Å². The molecule has 0 atom stereocenters. The number of aromatic nitrogens is 3. The quantitative estimate of drug-likeness (QED) is 0.211. The van der Waals surface area contributed by atoms with E-state index in [2.05, 4.69) is 26.3 Å². The van der Waals surface area contributed by atoms with E-state index in [1.54, 1.807) is 0 Å². The predicted molar refractivity (Wildman–Crippen MR) is 145 cm³/mol. The maximum Gasteiger partial charge on any atom is 0.246 e. The summed E-state index contributed by atoms with van der Waals surface area (Å²) in [5.41, 5.74) is 1.31. The van der Waals surface area contributed by atoms with Crippen molar-refractivity contribution in [2.45, 2.75) is 19.7 Å². The number of carbonyl (C=O) groups is 1. The molecule has 3 aromatic carbocycles. The summed E-state index contributed by atoms with van der Waals surface area (Å²) in [7, 11) is 0. The number of ether oxygens (including phenoxy) is 1. The second-order valence-electron chi connectivity index (χ2n) is 7.46. The fraction of sp³-hybridized carbons (Fsp3) is 0.125. The van der Waals surface area contributed by atoms with E-state index in [1.807, 2.05) is 59.2 Å². The number of nitrogens with zero attached hydrogens (tertiary/aromatic N) is 3. The Kier molecular flexibility index (Phi) is 8.51. The van der Waals surface area contributed by atoms with Crippen LogP contribution in [0.15, 0.2) is 71.2 Å². The summed E-state index contributed by atoms with van der Waals surface area (Å²) in [6.45, 7) is 0.512.